The van der Waals surface area contributed by atoms with E-state index in [1.807, 2.05) is 70.0 Å². The number of nitrogens with one attached hydrogen (secondary N) is 1. The molecule has 3 aromatic heterocycles. The van der Waals surface area contributed by atoms with E-state index in [9.17, 15) is 9.90 Å². The van der Waals surface area contributed by atoms with E-state index in [1.54, 1.807) is 12.1 Å². The van der Waals surface area contributed by atoms with E-state index in [2.05, 4.69) is 10.1 Å². The number of fused-ring (bicyclic) bond motifs is 2. The van der Waals surface area contributed by atoms with Crippen molar-refractivity contribution in [2.24, 2.45) is 7.05 Å². The largest absolute Gasteiger partial charge is 0.487 e. The molecule has 2 N–H and O–H groups in total. The van der Waals surface area contributed by atoms with Crippen LogP contribution in [0.1, 0.15) is 31.9 Å². The minimum Gasteiger partial charge on any atom is -0.487 e. The lowest BCUT2D eigenvalue weighted by Gasteiger charge is -2.24. The molecule has 5 rings (SSSR count). The van der Waals surface area contributed by atoms with Crippen LogP contribution in [0.25, 0.3) is 42.9 Å². The Morgan fingerprint density at radius 2 is 2.00 bits per heavy atom. The Kier molecular flexibility index (Phi) is 5.97. The average Bonchev–Trinajstić information content (AvgIpc) is 3.35. The molecule has 5 aromatic rings. The fraction of sp³-hybridized carbons (Fsp3) is 0.259. The second kappa shape index (κ2) is 8.87. The van der Waals surface area contributed by atoms with Crippen LogP contribution in [0.2, 0.25) is 5.02 Å². The summed E-state index contributed by atoms with van der Waals surface area (Å²) in [6.07, 6.45) is 3.62. The highest BCUT2D eigenvalue weighted by atomic mass is 35.5. The van der Waals surface area contributed by atoms with Crippen LogP contribution in [0.3, 0.4) is 0 Å². The zero-order valence-electron chi connectivity index (χ0n) is 20.6. The van der Waals surface area contributed by atoms with Crippen molar-refractivity contribution in [1.82, 2.24) is 15.1 Å². The van der Waals surface area contributed by atoms with E-state index >= 15 is 0 Å². The van der Waals surface area contributed by atoms with Crippen molar-refractivity contribution in [3.8, 4) is 27.4 Å². The molecule has 7 nitrogen and oxygen atoms in total. The molecule has 0 aliphatic carbocycles. The molecule has 0 radical (unpaired) electrons. The molecule has 0 fully saturated rings. The molecule has 3 heterocycles. The van der Waals surface area contributed by atoms with Gasteiger partial charge in [0.1, 0.15) is 21.9 Å². The summed E-state index contributed by atoms with van der Waals surface area (Å²) in [6, 6.07) is 9.47. The predicted octanol–water partition coefficient (Wildman–Crippen LogP) is 6.10. The Morgan fingerprint density at radius 3 is 2.72 bits per heavy atom. The number of hydrogen-bond acceptors (Lipinski definition) is 5. The normalized spacial score (nSPS) is 11.9. The molecule has 0 amide bonds. The summed E-state index contributed by atoms with van der Waals surface area (Å²) in [5, 5.41) is 14.3. The van der Waals surface area contributed by atoms with Gasteiger partial charge in [-0.15, -0.1) is 16.0 Å². The van der Waals surface area contributed by atoms with E-state index < -0.39 is 11.6 Å². The maximum atomic E-state index is 11.9. The molecule has 0 spiro atoms. The van der Waals surface area contributed by atoms with Crippen LogP contribution in [-0.2, 0) is 18.3 Å². The van der Waals surface area contributed by atoms with Crippen LogP contribution >= 0.6 is 22.9 Å². The van der Waals surface area contributed by atoms with Crippen molar-refractivity contribution in [1.29, 1.82) is 0 Å². The zero-order valence-corrected chi connectivity index (χ0v) is 22.2. The smallest absolute Gasteiger partial charge is 0.307 e. The number of aryl methyl sites for hydroxylation is 2. The first-order valence-corrected chi connectivity index (χ1v) is 12.7. The molecule has 2 aromatic carbocycles. The second-order valence-corrected chi connectivity index (χ2v) is 11.3. The van der Waals surface area contributed by atoms with Crippen molar-refractivity contribution >= 4 is 50.2 Å². The Labute approximate surface area is 217 Å². The average molecular weight is 522 g/mol. The predicted molar refractivity (Wildman–Crippen MR) is 143 cm³/mol. The Balaban J connectivity index is 1.78. The maximum absolute atomic E-state index is 11.9. The fourth-order valence-corrected chi connectivity index (χ4v) is 5.60. The molecule has 0 saturated heterocycles. The van der Waals surface area contributed by atoms with Gasteiger partial charge in [-0.2, -0.15) is 5.10 Å². The first kappa shape index (κ1) is 24.2. The van der Waals surface area contributed by atoms with E-state index in [0.717, 1.165) is 54.1 Å². The van der Waals surface area contributed by atoms with Gasteiger partial charge in [-0.1, -0.05) is 11.6 Å². The number of aromatic nitrogens is 4. The van der Waals surface area contributed by atoms with E-state index in [-0.39, 0.29) is 6.42 Å². The number of benzene rings is 2. The molecule has 0 aliphatic heterocycles. The maximum Gasteiger partial charge on any atom is 0.307 e. The lowest BCUT2D eigenvalue weighted by Crippen LogP contribution is -2.27. The topological polar surface area (TPSA) is 92.0 Å². The number of carboxylic acid groups (broad SMARTS) is 1. The number of hydrogen-bond donors (Lipinski definition) is 2. The fourth-order valence-electron chi connectivity index (χ4n) is 4.33. The molecule has 0 unspecified atom stereocenters. The summed E-state index contributed by atoms with van der Waals surface area (Å²) < 4.78 is 9.05. The molecule has 0 saturated carbocycles. The second-order valence-electron chi connectivity index (χ2n) is 9.85. The number of nitrogens with zero attached hydrogens (tertiary/aromatic N) is 3. The molecule has 184 valence electrons. The van der Waals surface area contributed by atoms with Gasteiger partial charge >= 0.3 is 5.97 Å². The molecule has 0 aliphatic rings. The molecule has 36 heavy (non-hydrogen) atoms. The standard InChI is InChI=1S/C27H25ClN4O3S/c1-14-8-20-25(36-26(30-20)15-9-19-21(29-12-15)13-32(5)31-19)24(18(14)11-23(33)34)17-7-6-16(28)10-22(17)35-27(2,3)4/h6-10,12-13H,11H2,1-5H3,(H,33,34)/p+1. The number of halogens is 1. The van der Waals surface area contributed by atoms with Crippen molar-refractivity contribution in [2.75, 3.05) is 0 Å². The van der Waals surface area contributed by atoms with E-state index in [0.29, 0.717) is 10.8 Å². The van der Waals surface area contributed by atoms with Crippen molar-refractivity contribution < 1.29 is 19.3 Å². The van der Waals surface area contributed by atoms with Crippen LogP contribution in [-0.4, -0.2) is 31.7 Å². The third-order valence-corrected chi connectivity index (χ3v) is 7.12. The van der Waals surface area contributed by atoms with Crippen LogP contribution < -0.4 is 9.42 Å². The van der Waals surface area contributed by atoms with Crippen LogP contribution in [0.4, 0.5) is 0 Å². The van der Waals surface area contributed by atoms with Gasteiger partial charge < -0.3 is 9.84 Å². The minimum atomic E-state index is -0.898. The number of carbonyl (C=O) groups is 1. The lowest BCUT2D eigenvalue weighted by molar-refractivity contribution is -0.724. The SMILES string of the molecule is Cc1cc2nc(-c3cnc4c[n+](C)[nH]c4c3)sc2c(-c2ccc(Cl)cc2OC(C)(C)C)c1CC(=O)O. The number of carboxylic acids is 1. The quantitative estimate of drug-likeness (QED) is 0.273. The Hall–Kier alpha value is -3.49. The summed E-state index contributed by atoms with van der Waals surface area (Å²) in [7, 11) is 1.92. The lowest BCUT2D eigenvalue weighted by atomic mass is 9.92. The van der Waals surface area contributed by atoms with Gasteiger partial charge in [0.15, 0.2) is 12.6 Å². The van der Waals surface area contributed by atoms with Crippen molar-refractivity contribution in [2.45, 2.75) is 39.7 Å². The Morgan fingerprint density at radius 1 is 1.22 bits per heavy atom. The third kappa shape index (κ3) is 4.66. The van der Waals surface area contributed by atoms with Crippen LogP contribution in [0.15, 0.2) is 42.7 Å². The van der Waals surface area contributed by atoms with Crippen molar-refractivity contribution in [3.63, 3.8) is 0 Å². The number of ether oxygens (including phenoxy) is 1. The summed E-state index contributed by atoms with van der Waals surface area (Å²) in [4.78, 5) is 21.4. The van der Waals surface area contributed by atoms with E-state index in [1.165, 1.54) is 11.3 Å². The van der Waals surface area contributed by atoms with Gasteiger partial charge in [-0.25, -0.2) is 9.97 Å². The summed E-state index contributed by atoms with van der Waals surface area (Å²) >= 11 is 7.86. The highest BCUT2D eigenvalue weighted by Gasteiger charge is 2.24. The van der Waals surface area contributed by atoms with Gasteiger partial charge in [0.25, 0.3) is 0 Å². The van der Waals surface area contributed by atoms with Gasteiger partial charge in [0.2, 0.25) is 6.20 Å². The van der Waals surface area contributed by atoms with E-state index in [4.69, 9.17) is 21.3 Å². The summed E-state index contributed by atoms with van der Waals surface area (Å²) in [6.45, 7) is 7.83. The molecule has 0 bridgehead atoms. The van der Waals surface area contributed by atoms with Gasteiger partial charge in [-0.05, 0) is 69.2 Å². The van der Waals surface area contributed by atoms with Crippen molar-refractivity contribution in [3.05, 3.63) is 58.9 Å². The monoisotopic (exact) mass is 521 g/mol. The number of aromatic amines is 1. The first-order chi connectivity index (χ1) is 17.0. The molecular weight excluding hydrogens is 496 g/mol. The van der Waals surface area contributed by atoms with Gasteiger partial charge in [0, 0.05) is 27.9 Å². The number of pyridine rings is 1. The number of rotatable bonds is 5. The van der Waals surface area contributed by atoms with Gasteiger partial charge in [0.05, 0.1) is 16.6 Å². The highest BCUT2D eigenvalue weighted by molar-refractivity contribution is 7.22. The van der Waals surface area contributed by atoms with Gasteiger partial charge in [-0.3, -0.25) is 4.79 Å². The number of aliphatic carboxylic acids is 1. The van der Waals surface area contributed by atoms with Crippen LogP contribution in [0.5, 0.6) is 5.75 Å². The van der Waals surface area contributed by atoms with Crippen LogP contribution in [0, 0.1) is 6.92 Å². The summed E-state index contributed by atoms with van der Waals surface area (Å²) in [5.74, 6) is -0.296. The number of H-pyrrole nitrogens is 1. The number of thiazole rings is 1. The molecular formula is C27H26ClN4O3S+. The minimum absolute atomic E-state index is 0.117. The first-order valence-electron chi connectivity index (χ1n) is 11.5. The highest BCUT2D eigenvalue weighted by Crippen LogP contribution is 2.45. The third-order valence-electron chi connectivity index (χ3n) is 5.75. The Bertz CT molecular complexity index is 1650. The zero-order chi connectivity index (χ0) is 25.8. The molecule has 9 heteroatoms. The summed E-state index contributed by atoms with van der Waals surface area (Å²) in [5.41, 5.74) is 6.19. The molecule has 0 atom stereocenters.